The first-order valence-electron chi connectivity index (χ1n) is 6.65. The molecule has 0 unspecified atom stereocenters. The maximum atomic E-state index is 5.58. The largest absolute Gasteiger partial charge is 0.495 e. The standard InChI is InChI=1S/C14H23N3O/c1-18-14-5-3-2-4-13(14)16-12-6-9-17(10-7-12)11-8-15/h2-5,12,16H,6-11,15H2,1H3. The summed E-state index contributed by atoms with van der Waals surface area (Å²) in [5.41, 5.74) is 6.68. The van der Waals surface area contributed by atoms with Crippen LogP contribution in [-0.2, 0) is 0 Å². The van der Waals surface area contributed by atoms with Gasteiger partial charge in [0.15, 0.2) is 0 Å². The lowest BCUT2D eigenvalue weighted by Crippen LogP contribution is -2.41. The van der Waals surface area contributed by atoms with E-state index in [-0.39, 0.29) is 0 Å². The van der Waals surface area contributed by atoms with Crippen LogP contribution in [-0.4, -0.2) is 44.2 Å². The predicted molar refractivity (Wildman–Crippen MR) is 75.1 cm³/mol. The van der Waals surface area contributed by atoms with Crippen molar-refractivity contribution in [3.05, 3.63) is 24.3 Å². The normalized spacial score (nSPS) is 17.7. The topological polar surface area (TPSA) is 50.5 Å². The highest BCUT2D eigenvalue weighted by Gasteiger charge is 2.19. The Hall–Kier alpha value is -1.26. The average Bonchev–Trinajstić information content (AvgIpc) is 2.42. The Kier molecular flexibility index (Phi) is 4.84. The van der Waals surface area contributed by atoms with Gasteiger partial charge in [0, 0.05) is 32.2 Å². The minimum Gasteiger partial charge on any atom is -0.495 e. The van der Waals surface area contributed by atoms with Crippen LogP contribution in [0.25, 0.3) is 0 Å². The van der Waals surface area contributed by atoms with Gasteiger partial charge in [-0.15, -0.1) is 0 Å². The molecule has 1 aromatic carbocycles. The number of hydrogen-bond acceptors (Lipinski definition) is 4. The molecule has 1 aliphatic heterocycles. The van der Waals surface area contributed by atoms with Crippen molar-refractivity contribution in [3.8, 4) is 5.75 Å². The minimum atomic E-state index is 0.537. The molecule has 0 bridgehead atoms. The average molecular weight is 249 g/mol. The van der Waals surface area contributed by atoms with Gasteiger partial charge in [-0.3, -0.25) is 0 Å². The number of methoxy groups -OCH3 is 1. The number of nitrogens with two attached hydrogens (primary N) is 1. The molecule has 1 saturated heterocycles. The van der Waals surface area contributed by atoms with Crippen LogP contribution in [0.2, 0.25) is 0 Å². The Morgan fingerprint density at radius 2 is 2.06 bits per heavy atom. The van der Waals surface area contributed by atoms with Crippen molar-refractivity contribution in [1.82, 2.24) is 4.90 Å². The highest BCUT2D eigenvalue weighted by atomic mass is 16.5. The van der Waals surface area contributed by atoms with Crippen LogP contribution in [0.15, 0.2) is 24.3 Å². The second kappa shape index (κ2) is 6.61. The summed E-state index contributed by atoms with van der Waals surface area (Å²) in [5.74, 6) is 0.918. The lowest BCUT2D eigenvalue weighted by atomic mass is 10.0. The summed E-state index contributed by atoms with van der Waals surface area (Å²) >= 11 is 0. The van der Waals surface area contributed by atoms with E-state index in [9.17, 15) is 0 Å². The Morgan fingerprint density at radius 3 is 2.72 bits per heavy atom. The second-order valence-electron chi connectivity index (χ2n) is 4.75. The minimum absolute atomic E-state index is 0.537. The van der Waals surface area contributed by atoms with E-state index in [0.29, 0.717) is 6.04 Å². The van der Waals surface area contributed by atoms with Gasteiger partial charge in [-0.05, 0) is 25.0 Å². The third-order valence-corrected chi connectivity index (χ3v) is 3.50. The summed E-state index contributed by atoms with van der Waals surface area (Å²) in [6.45, 7) is 4.03. The van der Waals surface area contributed by atoms with Crippen LogP contribution < -0.4 is 15.8 Å². The smallest absolute Gasteiger partial charge is 0.141 e. The van der Waals surface area contributed by atoms with E-state index in [0.717, 1.165) is 50.5 Å². The van der Waals surface area contributed by atoms with E-state index < -0.39 is 0 Å². The van der Waals surface area contributed by atoms with Crippen LogP contribution in [0.4, 0.5) is 5.69 Å². The molecule has 0 spiro atoms. The van der Waals surface area contributed by atoms with Crippen molar-refractivity contribution < 1.29 is 4.74 Å². The fraction of sp³-hybridized carbons (Fsp3) is 0.571. The molecule has 1 heterocycles. The molecule has 0 aliphatic carbocycles. The molecule has 1 fully saturated rings. The fourth-order valence-electron chi connectivity index (χ4n) is 2.47. The summed E-state index contributed by atoms with van der Waals surface area (Å²) in [7, 11) is 1.71. The van der Waals surface area contributed by atoms with Gasteiger partial charge in [-0.1, -0.05) is 12.1 Å². The third-order valence-electron chi connectivity index (χ3n) is 3.50. The number of para-hydroxylation sites is 2. The van der Waals surface area contributed by atoms with E-state index in [1.165, 1.54) is 0 Å². The summed E-state index contributed by atoms with van der Waals surface area (Å²) < 4.78 is 5.36. The van der Waals surface area contributed by atoms with Crippen molar-refractivity contribution in [1.29, 1.82) is 0 Å². The van der Waals surface area contributed by atoms with Crippen molar-refractivity contribution in [2.45, 2.75) is 18.9 Å². The highest BCUT2D eigenvalue weighted by Crippen LogP contribution is 2.25. The summed E-state index contributed by atoms with van der Waals surface area (Å²) in [6.07, 6.45) is 2.33. The zero-order valence-electron chi connectivity index (χ0n) is 11.1. The number of piperidine rings is 1. The van der Waals surface area contributed by atoms with Gasteiger partial charge in [0.05, 0.1) is 12.8 Å². The number of likely N-dealkylation sites (tertiary alicyclic amines) is 1. The van der Waals surface area contributed by atoms with Gasteiger partial charge < -0.3 is 20.7 Å². The lowest BCUT2D eigenvalue weighted by molar-refractivity contribution is 0.224. The molecular weight excluding hydrogens is 226 g/mol. The molecule has 4 nitrogen and oxygen atoms in total. The number of rotatable bonds is 5. The highest BCUT2D eigenvalue weighted by molar-refractivity contribution is 5.56. The molecule has 1 aliphatic rings. The van der Waals surface area contributed by atoms with Gasteiger partial charge in [0.1, 0.15) is 5.75 Å². The molecular formula is C14H23N3O. The summed E-state index contributed by atoms with van der Waals surface area (Å²) in [6, 6.07) is 8.63. The molecule has 100 valence electrons. The van der Waals surface area contributed by atoms with E-state index in [1.807, 2.05) is 18.2 Å². The van der Waals surface area contributed by atoms with E-state index in [1.54, 1.807) is 7.11 Å². The Labute approximate surface area is 109 Å². The fourth-order valence-corrected chi connectivity index (χ4v) is 2.47. The SMILES string of the molecule is COc1ccccc1NC1CCN(CCN)CC1. The first kappa shape index (κ1) is 13.2. The Morgan fingerprint density at radius 1 is 1.33 bits per heavy atom. The van der Waals surface area contributed by atoms with Crippen LogP contribution in [0.5, 0.6) is 5.75 Å². The number of ether oxygens (including phenoxy) is 1. The quantitative estimate of drug-likeness (QED) is 0.831. The van der Waals surface area contributed by atoms with E-state index in [4.69, 9.17) is 10.5 Å². The first-order chi connectivity index (χ1) is 8.83. The molecule has 0 saturated carbocycles. The maximum Gasteiger partial charge on any atom is 0.141 e. The van der Waals surface area contributed by atoms with Gasteiger partial charge in [-0.25, -0.2) is 0 Å². The van der Waals surface area contributed by atoms with Gasteiger partial charge in [-0.2, -0.15) is 0 Å². The van der Waals surface area contributed by atoms with Crippen LogP contribution >= 0.6 is 0 Å². The molecule has 2 rings (SSSR count). The van der Waals surface area contributed by atoms with E-state index >= 15 is 0 Å². The zero-order chi connectivity index (χ0) is 12.8. The molecule has 0 atom stereocenters. The molecule has 4 heteroatoms. The number of hydrogen-bond donors (Lipinski definition) is 2. The van der Waals surface area contributed by atoms with Gasteiger partial charge in [0.25, 0.3) is 0 Å². The van der Waals surface area contributed by atoms with E-state index in [2.05, 4.69) is 16.3 Å². The second-order valence-corrected chi connectivity index (χ2v) is 4.75. The lowest BCUT2D eigenvalue weighted by Gasteiger charge is -2.32. The number of benzene rings is 1. The zero-order valence-corrected chi connectivity index (χ0v) is 11.1. The summed E-state index contributed by atoms with van der Waals surface area (Å²) in [4.78, 5) is 2.43. The Balaban J connectivity index is 1.87. The summed E-state index contributed by atoms with van der Waals surface area (Å²) in [5, 5.41) is 3.58. The predicted octanol–water partition coefficient (Wildman–Crippen LogP) is 1.53. The number of nitrogens with one attached hydrogen (secondary N) is 1. The monoisotopic (exact) mass is 249 g/mol. The van der Waals surface area contributed by atoms with Crippen molar-refractivity contribution >= 4 is 5.69 Å². The third kappa shape index (κ3) is 3.37. The van der Waals surface area contributed by atoms with Crippen molar-refractivity contribution in [2.75, 3.05) is 38.6 Å². The van der Waals surface area contributed by atoms with Crippen LogP contribution in [0.3, 0.4) is 0 Å². The van der Waals surface area contributed by atoms with Gasteiger partial charge in [0.2, 0.25) is 0 Å². The van der Waals surface area contributed by atoms with Crippen molar-refractivity contribution in [2.24, 2.45) is 5.73 Å². The van der Waals surface area contributed by atoms with Crippen LogP contribution in [0, 0.1) is 0 Å². The maximum absolute atomic E-state index is 5.58. The van der Waals surface area contributed by atoms with Crippen LogP contribution in [0.1, 0.15) is 12.8 Å². The van der Waals surface area contributed by atoms with Gasteiger partial charge >= 0.3 is 0 Å². The molecule has 0 amide bonds. The molecule has 18 heavy (non-hydrogen) atoms. The Bertz CT molecular complexity index is 362. The van der Waals surface area contributed by atoms with Crippen molar-refractivity contribution in [3.63, 3.8) is 0 Å². The molecule has 0 aromatic heterocycles. The number of anilines is 1. The molecule has 1 aromatic rings. The first-order valence-corrected chi connectivity index (χ1v) is 6.65. The molecule has 3 N–H and O–H groups in total. The number of nitrogens with zero attached hydrogens (tertiary/aromatic N) is 1. The molecule has 0 radical (unpaired) electrons.